The molecule has 1 aromatic rings. The van der Waals surface area contributed by atoms with Crippen molar-refractivity contribution in [3.63, 3.8) is 0 Å². The van der Waals surface area contributed by atoms with E-state index < -0.39 is 5.97 Å². The van der Waals surface area contributed by atoms with Crippen LogP contribution in [0.15, 0.2) is 29.4 Å². The highest BCUT2D eigenvalue weighted by Crippen LogP contribution is 2.11. The molecular weight excluding hydrogens is 230 g/mol. The van der Waals surface area contributed by atoms with Crippen molar-refractivity contribution in [3.8, 4) is 0 Å². The molecule has 0 radical (unpaired) electrons. The Bertz CT molecular complexity index is 387. The molecule has 5 heteroatoms. The number of rotatable bonds is 5. The highest BCUT2D eigenvalue weighted by Gasteiger charge is 2.05. The van der Waals surface area contributed by atoms with Gasteiger partial charge in [0.25, 0.3) is 0 Å². The fourth-order valence-electron chi connectivity index (χ4n) is 1.26. The second kappa shape index (κ2) is 6.12. The molecule has 86 valence electrons. The molecule has 0 aliphatic carbocycles. The molecule has 0 heterocycles. The number of halogens is 1. The first-order chi connectivity index (χ1) is 7.61. The van der Waals surface area contributed by atoms with E-state index in [1.54, 1.807) is 12.1 Å². The molecule has 2 N–H and O–H groups in total. The zero-order valence-electron chi connectivity index (χ0n) is 8.56. The maximum absolute atomic E-state index is 10.4. The van der Waals surface area contributed by atoms with Crippen molar-refractivity contribution in [3.05, 3.63) is 34.9 Å². The van der Waals surface area contributed by atoms with Crippen LogP contribution in [0.25, 0.3) is 0 Å². The van der Waals surface area contributed by atoms with Gasteiger partial charge in [0.05, 0.1) is 12.1 Å². The predicted octanol–water partition coefficient (Wildman–Crippen LogP) is 2.58. The van der Waals surface area contributed by atoms with Crippen molar-refractivity contribution in [2.24, 2.45) is 5.16 Å². The lowest BCUT2D eigenvalue weighted by atomic mass is 10.1. The van der Waals surface area contributed by atoms with E-state index in [0.29, 0.717) is 17.2 Å². The Kier molecular flexibility index (Phi) is 4.79. The summed E-state index contributed by atoms with van der Waals surface area (Å²) >= 11 is 5.73. The van der Waals surface area contributed by atoms with Crippen molar-refractivity contribution in [2.75, 3.05) is 0 Å². The fourth-order valence-corrected chi connectivity index (χ4v) is 1.39. The summed E-state index contributed by atoms with van der Waals surface area (Å²) in [4.78, 5) is 10.4. The van der Waals surface area contributed by atoms with Crippen LogP contribution in [-0.4, -0.2) is 22.0 Å². The number of carboxylic acids is 1. The Morgan fingerprint density at radius 3 is 2.38 bits per heavy atom. The van der Waals surface area contributed by atoms with Crippen LogP contribution in [0.4, 0.5) is 0 Å². The van der Waals surface area contributed by atoms with Crippen LogP contribution >= 0.6 is 11.6 Å². The van der Waals surface area contributed by atoms with Gasteiger partial charge < -0.3 is 10.3 Å². The van der Waals surface area contributed by atoms with Gasteiger partial charge in [-0.15, -0.1) is 0 Å². The van der Waals surface area contributed by atoms with E-state index in [0.717, 1.165) is 5.56 Å². The molecular formula is C11H12ClNO3. The molecule has 0 aliphatic rings. The summed E-state index contributed by atoms with van der Waals surface area (Å²) in [5.41, 5.74) is 1.38. The van der Waals surface area contributed by atoms with E-state index in [9.17, 15) is 4.79 Å². The van der Waals surface area contributed by atoms with Gasteiger partial charge in [-0.25, -0.2) is 0 Å². The Morgan fingerprint density at radius 2 is 1.88 bits per heavy atom. The molecule has 0 aromatic heterocycles. The topological polar surface area (TPSA) is 69.9 Å². The number of nitrogens with zero attached hydrogens (tertiary/aromatic N) is 1. The monoisotopic (exact) mass is 241 g/mol. The van der Waals surface area contributed by atoms with E-state index in [1.165, 1.54) is 0 Å². The molecule has 0 fully saturated rings. The number of benzene rings is 1. The lowest BCUT2D eigenvalue weighted by Crippen LogP contribution is -2.06. The predicted molar refractivity (Wildman–Crippen MR) is 61.2 cm³/mol. The molecule has 0 unspecified atom stereocenters. The second-order valence-electron chi connectivity index (χ2n) is 3.36. The Labute approximate surface area is 98.2 Å². The van der Waals surface area contributed by atoms with Crippen LogP contribution in [-0.2, 0) is 11.2 Å². The third kappa shape index (κ3) is 4.31. The number of hydrogen-bond donors (Lipinski definition) is 2. The van der Waals surface area contributed by atoms with Gasteiger partial charge in [0.15, 0.2) is 0 Å². The molecule has 1 rings (SSSR count). The number of carboxylic acid groups (broad SMARTS) is 1. The maximum atomic E-state index is 10.4. The third-order valence-electron chi connectivity index (χ3n) is 2.09. The van der Waals surface area contributed by atoms with Crippen LogP contribution in [0.3, 0.4) is 0 Å². The first kappa shape index (κ1) is 12.5. The number of aliphatic carboxylic acids is 1. The summed E-state index contributed by atoms with van der Waals surface area (Å²) in [6.07, 6.45) is 0.641. The summed E-state index contributed by atoms with van der Waals surface area (Å²) in [6, 6.07) is 7.11. The lowest BCUT2D eigenvalue weighted by molar-refractivity contribution is -0.136. The highest BCUT2D eigenvalue weighted by atomic mass is 35.5. The number of hydrogen-bond acceptors (Lipinski definition) is 3. The average Bonchev–Trinajstić information content (AvgIpc) is 2.26. The van der Waals surface area contributed by atoms with Gasteiger partial charge in [0.1, 0.15) is 0 Å². The Morgan fingerprint density at radius 1 is 1.25 bits per heavy atom. The van der Waals surface area contributed by atoms with Crippen molar-refractivity contribution >= 4 is 23.3 Å². The largest absolute Gasteiger partial charge is 0.481 e. The quantitative estimate of drug-likeness (QED) is 0.473. The smallest absolute Gasteiger partial charge is 0.303 e. The lowest BCUT2D eigenvalue weighted by Gasteiger charge is -2.03. The standard InChI is InChI=1S/C11H12ClNO3/c12-9-3-1-8(2-4-9)7-10(13-16)5-6-11(14)15/h1-4,16H,5-7H2,(H,14,15). The Hall–Kier alpha value is -1.55. The minimum Gasteiger partial charge on any atom is -0.481 e. The molecule has 0 aliphatic heterocycles. The molecule has 0 saturated heterocycles. The second-order valence-corrected chi connectivity index (χ2v) is 3.80. The zero-order chi connectivity index (χ0) is 12.0. The van der Waals surface area contributed by atoms with Crippen molar-refractivity contribution in [2.45, 2.75) is 19.3 Å². The van der Waals surface area contributed by atoms with E-state index in [4.69, 9.17) is 21.9 Å². The number of carbonyl (C=O) groups is 1. The van der Waals surface area contributed by atoms with E-state index >= 15 is 0 Å². The van der Waals surface area contributed by atoms with Crippen LogP contribution in [0.2, 0.25) is 5.02 Å². The van der Waals surface area contributed by atoms with Gasteiger partial charge in [-0.3, -0.25) is 4.79 Å². The van der Waals surface area contributed by atoms with Gasteiger partial charge >= 0.3 is 5.97 Å². The first-order valence-corrected chi connectivity index (χ1v) is 5.15. The minimum atomic E-state index is -0.905. The van der Waals surface area contributed by atoms with Crippen molar-refractivity contribution < 1.29 is 15.1 Å². The van der Waals surface area contributed by atoms with Crippen LogP contribution in [0.5, 0.6) is 0 Å². The summed E-state index contributed by atoms with van der Waals surface area (Å²) in [5, 5.41) is 21.0. The SMILES string of the molecule is O=C(O)CCC(Cc1ccc(Cl)cc1)=NO. The molecule has 0 bridgehead atoms. The molecule has 0 spiro atoms. The van der Waals surface area contributed by atoms with Gasteiger partial charge in [-0.1, -0.05) is 28.9 Å². The van der Waals surface area contributed by atoms with Crippen molar-refractivity contribution in [1.82, 2.24) is 0 Å². The van der Waals surface area contributed by atoms with Crippen LogP contribution in [0.1, 0.15) is 18.4 Å². The molecule has 0 amide bonds. The summed E-state index contributed by atoms with van der Waals surface area (Å²) in [6.45, 7) is 0. The fraction of sp³-hybridized carbons (Fsp3) is 0.273. The van der Waals surface area contributed by atoms with E-state index in [1.807, 2.05) is 12.1 Å². The molecule has 0 atom stereocenters. The van der Waals surface area contributed by atoms with Crippen LogP contribution in [0, 0.1) is 0 Å². The normalized spacial score (nSPS) is 11.4. The van der Waals surface area contributed by atoms with Crippen molar-refractivity contribution in [1.29, 1.82) is 0 Å². The minimum absolute atomic E-state index is 0.0347. The molecule has 16 heavy (non-hydrogen) atoms. The Balaban J connectivity index is 2.57. The maximum Gasteiger partial charge on any atom is 0.303 e. The molecule has 0 saturated carbocycles. The number of oxime groups is 1. The zero-order valence-corrected chi connectivity index (χ0v) is 9.31. The van der Waals surface area contributed by atoms with Crippen LogP contribution < -0.4 is 0 Å². The third-order valence-corrected chi connectivity index (χ3v) is 2.34. The molecule has 4 nitrogen and oxygen atoms in total. The van der Waals surface area contributed by atoms with Gasteiger partial charge in [0, 0.05) is 11.4 Å². The summed E-state index contributed by atoms with van der Waals surface area (Å²) in [7, 11) is 0. The summed E-state index contributed by atoms with van der Waals surface area (Å²) in [5.74, 6) is -0.905. The highest BCUT2D eigenvalue weighted by molar-refractivity contribution is 6.30. The summed E-state index contributed by atoms with van der Waals surface area (Å²) < 4.78 is 0. The van der Waals surface area contributed by atoms with E-state index in [2.05, 4.69) is 5.16 Å². The van der Waals surface area contributed by atoms with Gasteiger partial charge in [0.2, 0.25) is 0 Å². The first-order valence-electron chi connectivity index (χ1n) is 4.78. The van der Waals surface area contributed by atoms with Gasteiger partial charge in [-0.2, -0.15) is 0 Å². The molecule has 1 aromatic carbocycles. The van der Waals surface area contributed by atoms with E-state index in [-0.39, 0.29) is 12.8 Å². The average molecular weight is 242 g/mol. The van der Waals surface area contributed by atoms with Gasteiger partial charge in [-0.05, 0) is 24.1 Å².